The summed E-state index contributed by atoms with van der Waals surface area (Å²) in [5.74, 6) is 1.85. The number of fused-ring (bicyclic) bond motifs is 13. The number of para-hydroxylation sites is 1. The molecule has 1 aliphatic heterocycles. The molecule has 0 amide bonds. The van der Waals surface area contributed by atoms with Gasteiger partial charge in [0.15, 0.2) is 0 Å². The summed E-state index contributed by atoms with van der Waals surface area (Å²) in [6, 6.07) is 88.7. The molecule has 0 unspecified atom stereocenters. The third-order valence-corrected chi connectivity index (χ3v) is 15.1. The number of allylic oxidation sites excluding steroid dienone is 7. The number of rotatable bonds is 9. The molecule has 0 bridgehead atoms. The summed E-state index contributed by atoms with van der Waals surface area (Å²) in [6.07, 6.45) is 12.2. The van der Waals surface area contributed by atoms with Crippen molar-refractivity contribution in [3.8, 4) is 56.0 Å². The number of anilines is 3. The van der Waals surface area contributed by atoms with E-state index in [0.29, 0.717) is 0 Å². The maximum absolute atomic E-state index is 7.21. The third-order valence-electron chi connectivity index (χ3n) is 15.1. The maximum Gasteiger partial charge on any atom is 0.140 e. The van der Waals surface area contributed by atoms with Gasteiger partial charge in [-0.15, -0.1) is 0 Å². The second-order valence-corrected chi connectivity index (χ2v) is 19.4. The van der Waals surface area contributed by atoms with Gasteiger partial charge in [-0.25, -0.2) is 0 Å². The summed E-state index contributed by atoms with van der Waals surface area (Å²) in [6.45, 7) is 10.1. The molecule has 11 aromatic carbocycles. The number of ether oxygens (including phenoxy) is 1. The van der Waals surface area contributed by atoms with Crippen molar-refractivity contribution in [3.63, 3.8) is 0 Å². The Morgan fingerprint density at radius 2 is 0.921 bits per heavy atom. The molecule has 1 aliphatic carbocycles. The van der Waals surface area contributed by atoms with Crippen LogP contribution >= 0.6 is 0 Å². The Morgan fingerprint density at radius 1 is 0.395 bits per heavy atom. The monoisotopic (exact) mass is 975 g/mol. The predicted molar refractivity (Wildman–Crippen MR) is 323 cm³/mol. The average Bonchev–Trinajstić information content (AvgIpc) is 3.87. The van der Waals surface area contributed by atoms with Gasteiger partial charge in [-0.1, -0.05) is 237 Å². The van der Waals surface area contributed by atoms with Gasteiger partial charge in [-0.05, 0) is 147 Å². The molecule has 11 aromatic rings. The van der Waals surface area contributed by atoms with Gasteiger partial charge in [-0.2, -0.15) is 0 Å². The van der Waals surface area contributed by atoms with E-state index < -0.39 is 5.41 Å². The van der Waals surface area contributed by atoms with Gasteiger partial charge >= 0.3 is 0 Å². The lowest BCUT2D eigenvalue weighted by Crippen LogP contribution is -2.32. The zero-order valence-electron chi connectivity index (χ0n) is 43.1. The lowest BCUT2D eigenvalue weighted by atomic mass is 9.65. The lowest BCUT2D eigenvalue weighted by Gasteiger charge is -2.40. The summed E-state index contributed by atoms with van der Waals surface area (Å²) < 4.78 is 7.21. The quantitative estimate of drug-likeness (QED) is 0.106. The van der Waals surface area contributed by atoms with Crippen molar-refractivity contribution >= 4 is 44.2 Å². The third kappa shape index (κ3) is 8.25. The number of nitrogens with zero attached hydrogens (tertiary/aromatic N) is 1. The Balaban J connectivity index is 0.00000141. The van der Waals surface area contributed by atoms with Crippen molar-refractivity contribution in [3.05, 3.63) is 314 Å². The van der Waals surface area contributed by atoms with Crippen LogP contribution in [0.5, 0.6) is 11.5 Å². The van der Waals surface area contributed by atoms with Crippen LogP contribution in [0.15, 0.2) is 286 Å². The van der Waals surface area contributed by atoms with Crippen molar-refractivity contribution in [2.24, 2.45) is 0 Å². The van der Waals surface area contributed by atoms with Crippen LogP contribution in [-0.4, -0.2) is 0 Å². The Hall–Kier alpha value is -9.50. The SMILES string of the molecule is C/C=C\C.C=C/C=C(\C=C/C)c1cc(-c2ccccc2)cc(N(c2ccccc2)c2cccc(-c3ccc(-c4ccc5c(c4)C4(c6ccccc6-5)c5ccc6ccccc6c5Oc5c4ccc4ccccc54)cc3)c2)c1. The fourth-order valence-electron chi connectivity index (χ4n) is 11.5. The van der Waals surface area contributed by atoms with Crippen LogP contribution in [0.4, 0.5) is 17.1 Å². The molecule has 0 saturated carbocycles. The standard InChI is InChI=1S/C70H49NO.C4H8/c1-3-18-47(19-4-2)55-42-56(48-20-7-5-8-21-48)45-59(44-55)71(57-25-9-6-10-26-57)58-27-17-24-53(43-58)49-32-34-50(35-33-49)54-36-39-63-62-30-15-16-31-64(62)70(67(63)46-54)65-40-37-51-22-11-13-28-60(51)68(65)72-69-61-29-14-12-23-52(61)38-41-66(69)70;1-3-4-2/h3-46H,1H2,2H3;3-4H,1-2H3/b19-4-,47-18+;4-3-. The van der Waals surface area contributed by atoms with E-state index in [-0.39, 0.29) is 0 Å². The highest BCUT2D eigenvalue weighted by molar-refractivity contribution is 6.00. The van der Waals surface area contributed by atoms with Gasteiger partial charge < -0.3 is 9.64 Å². The van der Waals surface area contributed by atoms with Crippen molar-refractivity contribution in [1.29, 1.82) is 0 Å². The molecule has 76 heavy (non-hydrogen) atoms. The first-order valence-corrected chi connectivity index (χ1v) is 26.3. The Morgan fingerprint density at radius 3 is 1.57 bits per heavy atom. The van der Waals surface area contributed by atoms with Crippen molar-refractivity contribution < 1.29 is 4.74 Å². The zero-order valence-corrected chi connectivity index (χ0v) is 43.1. The largest absolute Gasteiger partial charge is 0.455 e. The fourth-order valence-corrected chi connectivity index (χ4v) is 11.5. The predicted octanol–water partition coefficient (Wildman–Crippen LogP) is 20.7. The summed E-state index contributed by atoms with van der Waals surface area (Å²) in [5.41, 5.74) is 19.1. The van der Waals surface area contributed by atoms with Crippen LogP contribution in [0.25, 0.3) is 71.6 Å². The topological polar surface area (TPSA) is 12.5 Å². The summed E-state index contributed by atoms with van der Waals surface area (Å²) in [4.78, 5) is 2.37. The minimum absolute atomic E-state index is 0.610. The van der Waals surface area contributed by atoms with Crippen LogP contribution in [0.3, 0.4) is 0 Å². The van der Waals surface area contributed by atoms with Crippen molar-refractivity contribution in [2.45, 2.75) is 26.2 Å². The Kier molecular flexibility index (Phi) is 12.8. The van der Waals surface area contributed by atoms with E-state index in [1.807, 2.05) is 32.1 Å². The Bertz CT molecular complexity index is 3980. The number of hydrogen-bond acceptors (Lipinski definition) is 2. The zero-order chi connectivity index (χ0) is 51.6. The molecule has 13 rings (SSSR count). The highest BCUT2D eigenvalue weighted by atomic mass is 16.5. The Labute approximate surface area is 447 Å². The van der Waals surface area contributed by atoms with Gasteiger partial charge in [0.25, 0.3) is 0 Å². The smallest absolute Gasteiger partial charge is 0.140 e. The van der Waals surface area contributed by atoms with Gasteiger partial charge in [0.05, 0.1) is 5.41 Å². The number of hydrogen-bond donors (Lipinski definition) is 0. The molecule has 0 N–H and O–H groups in total. The second-order valence-electron chi connectivity index (χ2n) is 19.4. The first-order chi connectivity index (χ1) is 37.5. The van der Waals surface area contributed by atoms with Gasteiger partial charge in [0, 0.05) is 39.0 Å². The van der Waals surface area contributed by atoms with Crippen molar-refractivity contribution in [2.75, 3.05) is 4.90 Å². The highest BCUT2D eigenvalue weighted by Crippen LogP contribution is 2.64. The van der Waals surface area contributed by atoms with E-state index in [4.69, 9.17) is 4.74 Å². The highest BCUT2D eigenvalue weighted by Gasteiger charge is 2.52. The molecule has 2 heteroatoms. The molecular weight excluding hydrogens is 919 g/mol. The minimum atomic E-state index is -0.610. The van der Waals surface area contributed by atoms with Gasteiger partial charge in [0.1, 0.15) is 11.5 Å². The summed E-state index contributed by atoms with van der Waals surface area (Å²) in [5, 5.41) is 4.56. The van der Waals surface area contributed by atoms with Gasteiger partial charge in [0.2, 0.25) is 0 Å². The van der Waals surface area contributed by atoms with E-state index in [9.17, 15) is 0 Å². The molecule has 364 valence electrons. The molecule has 0 saturated heterocycles. The molecule has 0 atom stereocenters. The molecule has 2 aliphatic rings. The van der Waals surface area contributed by atoms with E-state index in [1.54, 1.807) is 0 Å². The fraction of sp³-hybridized carbons (Fsp3) is 0.0541. The van der Waals surface area contributed by atoms with E-state index in [2.05, 4.69) is 279 Å². The number of benzene rings is 11. The van der Waals surface area contributed by atoms with Crippen LogP contribution < -0.4 is 9.64 Å². The molecule has 0 radical (unpaired) electrons. The minimum Gasteiger partial charge on any atom is -0.455 e. The molecule has 0 aromatic heterocycles. The molecule has 2 nitrogen and oxygen atoms in total. The van der Waals surface area contributed by atoms with Crippen molar-refractivity contribution in [1.82, 2.24) is 0 Å². The molecule has 1 spiro atoms. The first-order valence-electron chi connectivity index (χ1n) is 26.3. The lowest BCUT2D eigenvalue weighted by molar-refractivity contribution is 0.447. The molecular formula is C74H57NO. The van der Waals surface area contributed by atoms with Crippen LogP contribution in [0.1, 0.15) is 48.6 Å². The van der Waals surface area contributed by atoms with E-state index in [0.717, 1.165) is 89.1 Å². The van der Waals surface area contributed by atoms with E-state index in [1.165, 1.54) is 38.9 Å². The summed E-state index contributed by atoms with van der Waals surface area (Å²) >= 11 is 0. The summed E-state index contributed by atoms with van der Waals surface area (Å²) in [7, 11) is 0. The van der Waals surface area contributed by atoms with Crippen LogP contribution in [-0.2, 0) is 5.41 Å². The van der Waals surface area contributed by atoms with E-state index >= 15 is 0 Å². The van der Waals surface area contributed by atoms with Crippen LogP contribution in [0, 0.1) is 0 Å². The van der Waals surface area contributed by atoms with Crippen LogP contribution in [0.2, 0.25) is 0 Å². The average molecular weight is 976 g/mol. The second kappa shape index (κ2) is 20.4. The van der Waals surface area contributed by atoms with Gasteiger partial charge in [-0.3, -0.25) is 0 Å². The first kappa shape index (κ1) is 47.5. The molecule has 1 heterocycles. The maximum atomic E-state index is 7.21. The molecule has 0 fully saturated rings. The normalized spacial score (nSPS) is 12.9.